The standard InChI is InChI=1S/C23H27FN4O3S2/c1-14(16-8-11-31-12-9-16)26-23-27-15(2)21(32-23)17-6-7-19(30-3)20(13-17)33(29)28-22-18(24)5-4-10-25-22/h4-7,10,13-14,16H,8-9,11-12H2,1-3H3,(H,25,28)(H,26,27). The molecule has 1 aliphatic rings. The second-order valence-corrected chi connectivity index (χ2v) is 10.1. The molecule has 1 aliphatic heterocycles. The van der Waals surface area contributed by atoms with Gasteiger partial charge in [-0.3, -0.25) is 4.72 Å². The number of aromatic nitrogens is 2. The van der Waals surface area contributed by atoms with Gasteiger partial charge in [0.25, 0.3) is 0 Å². The maximum Gasteiger partial charge on any atom is 0.183 e. The molecule has 1 fully saturated rings. The number of methoxy groups -OCH3 is 1. The number of halogens is 1. The fraction of sp³-hybridized carbons (Fsp3) is 0.391. The molecular formula is C23H27FN4O3S2. The number of hydrogen-bond acceptors (Lipinski definition) is 7. The zero-order chi connectivity index (χ0) is 23.4. The summed E-state index contributed by atoms with van der Waals surface area (Å²) in [6.45, 7) is 5.75. The van der Waals surface area contributed by atoms with Crippen LogP contribution in [-0.4, -0.2) is 40.5 Å². The average molecular weight is 491 g/mol. The van der Waals surface area contributed by atoms with Crippen molar-refractivity contribution in [1.29, 1.82) is 0 Å². The molecule has 0 radical (unpaired) electrons. The maximum absolute atomic E-state index is 14.0. The number of rotatable bonds is 8. The van der Waals surface area contributed by atoms with Gasteiger partial charge in [-0.25, -0.2) is 18.6 Å². The van der Waals surface area contributed by atoms with E-state index in [1.54, 1.807) is 23.5 Å². The molecule has 0 amide bonds. The normalized spacial score (nSPS) is 16.2. The van der Waals surface area contributed by atoms with Crippen LogP contribution >= 0.6 is 11.3 Å². The SMILES string of the molecule is COc1ccc(-c2sc(NC(C)C3CCOCC3)nc2C)cc1S(=O)Nc1ncccc1F. The molecule has 2 N–H and O–H groups in total. The van der Waals surface area contributed by atoms with E-state index in [0.29, 0.717) is 22.6 Å². The van der Waals surface area contributed by atoms with Gasteiger partial charge < -0.3 is 14.8 Å². The molecule has 33 heavy (non-hydrogen) atoms. The first kappa shape index (κ1) is 23.6. The van der Waals surface area contributed by atoms with E-state index in [0.717, 1.165) is 47.3 Å². The van der Waals surface area contributed by atoms with Gasteiger partial charge in [-0.05, 0) is 68.5 Å². The third kappa shape index (κ3) is 5.51. The molecule has 3 heterocycles. The van der Waals surface area contributed by atoms with E-state index in [4.69, 9.17) is 14.5 Å². The highest BCUT2D eigenvalue weighted by Gasteiger charge is 2.22. The minimum Gasteiger partial charge on any atom is -0.495 e. The van der Waals surface area contributed by atoms with Crippen LogP contribution in [0.1, 0.15) is 25.5 Å². The molecule has 2 atom stereocenters. The summed E-state index contributed by atoms with van der Waals surface area (Å²) >= 11 is 1.56. The van der Waals surface area contributed by atoms with Crippen LogP contribution in [-0.2, 0) is 15.7 Å². The molecule has 0 aliphatic carbocycles. The lowest BCUT2D eigenvalue weighted by Gasteiger charge is -2.28. The highest BCUT2D eigenvalue weighted by molar-refractivity contribution is 7.86. The molecule has 0 saturated carbocycles. The van der Waals surface area contributed by atoms with Crippen molar-refractivity contribution in [3.05, 3.63) is 48.0 Å². The van der Waals surface area contributed by atoms with Gasteiger partial charge in [-0.2, -0.15) is 0 Å². The number of nitrogens with one attached hydrogen (secondary N) is 2. The van der Waals surface area contributed by atoms with E-state index in [9.17, 15) is 8.60 Å². The first-order valence-corrected chi connectivity index (χ1v) is 12.7. The highest BCUT2D eigenvalue weighted by Crippen LogP contribution is 2.37. The summed E-state index contributed by atoms with van der Waals surface area (Å²) in [5, 5.41) is 4.40. The van der Waals surface area contributed by atoms with Crippen molar-refractivity contribution in [3.63, 3.8) is 0 Å². The molecule has 4 rings (SSSR count). The molecule has 10 heteroatoms. The number of nitrogens with zero attached hydrogens (tertiary/aromatic N) is 2. The number of benzene rings is 1. The number of ether oxygens (including phenoxy) is 2. The number of pyridine rings is 1. The Kier molecular flexibility index (Phi) is 7.56. The number of anilines is 2. The molecule has 2 aromatic heterocycles. The molecule has 7 nitrogen and oxygen atoms in total. The monoisotopic (exact) mass is 490 g/mol. The summed E-state index contributed by atoms with van der Waals surface area (Å²) in [5.41, 5.74) is 1.75. The molecule has 176 valence electrons. The first-order chi connectivity index (χ1) is 16.0. The predicted molar refractivity (Wildman–Crippen MR) is 130 cm³/mol. The topological polar surface area (TPSA) is 85.4 Å². The van der Waals surface area contributed by atoms with E-state index in [1.807, 2.05) is 13.0 Å². The fourth-order valence-electron chi connectivity index (χ4n) is 3.82. The lowest BCUT2D eigenvalue weighted by molar-refractivity contribution is 0.0622. The summed E-state index contributed by atoms with van der Waals surface area (Å²) < 4.78 is 40.5. The van der Waals surface area contributed by atoms with Crippen molar-refractivity contribution in [2.45, 2.75) is 37.6 Å². The fourth-order valence-corrected chi connectivity index (χ4v) is 5.88. The van der Waals surface area contributed by atoms with Crippen LogP contribution in [0.15, 0.2) is 41.4 Å². The van der Waals surface area contributed by atoms with Crippen molar-refractivity contribution in [3.8, 4) is 16.2 Å². The maximum atomic E-state index is 14.0. The predicted octanol–water partition coefficient (Wildman–Crippen LogP) is 5.02. The van der Waals surface area contributed by atoms with E-state index < -0.39 is 16.8 Å². The van der Waals surface area contributed by atoms with Crippen molar-refractivity contribution in [1.82, 2.24) is 9.97 Å². The quantitative estimate of drug-likeness (QED) is 0.461. The minimum absolute atomic E-state index is 0.0779. The number of aryl methyl sites for hydroxylation is 1. The molecule has 0 spiro atoms. The summed E-state index contributed by atoms with van der Waals surface area (Å²) in [6.07, 6.45) is 3.53. The Bertz CT molecular complexity index is 1130. The molecule has 1 aromatic carbocycles. The van der Waals surface area contributed by atoms with Gasteiger partial charge in [-0.1, -0.05) is 11.3 Å². The Morgan fingerprint density at radius 1 is 1.30 bits per heavy atom. The Balaban J connectivity index is 1.57. The van der Waals surface area contributed by atoms with Gasteiger partial charge in [0.05, 0.1) is 17.7 Å². The average Bonchev–Trinajstić information content (AvgIpc) is 3.20. The molecule has 2 unspecified atom stereocenters. The van der Waals surface area contributed by atoms with Crippen LogP contribution < -0.4 is 14.8 Å². The van der Waals surface area contributed by atoms with Gasteiger partial charge in [0.15, 0.2) is 27.8 Å². The lowest BCUT2D eigenvalue weighted by Crippen LogP contribution is -2.30. The van der Waals surface area contributed by atoms with Crippen LogP contribution in [0.5, 0.6) is 5.75 Å². The number of thiazole rings is 1. The van der Waals surface area contributed by atoms with Crippen LogP contribution in [0.2, 0.25) is 0 Å². The van der Waals surface area contributed by atoms with E-state index >= 15 is 0 Å². The first-order valence-electron chi connectivity index (χ1n) is 10.8. The van der Waals surface area contributed by atoms with E-state index in [1.165, 1.54) is 25.4 Å². The summed E-state index contributed by atoms with van der Waals surface area (Å²) in [5.74, 6) is 0.341. The Morgan fingerprint density at radius 2 is 2.09 bits per heavy atom. The molecule has 3 aromatic rings. The summed E-state index contributed by atoms with van der Waals surface area (Å²) in [4.78, 5) is 10.0. The smallest absolute Gasteiger partial charge is 0.183 e. The van der Waals surface area contributed by atoms with Crippen molar-refractivity contribution < 1.29 is 18.1 Å². The highest BCUT2D eigenvalue weighted by atomic mass is 32.2. The van der Waals surface area contributed by atoms with Gasteiger partial charge in [0.2, 0.25) is 0 Å². The zero-order valence-corrected chi connectivity index (χ0v) is 20.4. The number of hydrogen-bond donors (Lipinski definition) is 2. The third-order valence-corrected chi connectivity index (χ3v) is 7.93. The largest absolute Gasteiger partial charge is 0.495 e. The van der Waals surface area contributed by atoms with E-state index in [2.05, 4.69) is 21.9 Å². The zero-order valence-electron chi connectivity index (χ0n) is 18.8. The van der Waals surface area contributed by atoms with Crippen LogP contribution in [0.3, 0.4) is 0 Å². The van der Waals surface area contributed by atoms with E-state index in [-0.39, 0.29) is 5.82 Å². The Hall–Kier alpha value is -2.56. The van der Waals surface area contributed by atoms with Crippen LogP contribution in [0.25, 0.3) is 10.4 Å². The van der Waals surface area contributed by atoms with Crippen LogP contribution in [0, 0.1) is 18.7 Å². The second-order valence-electron chi connectivity index (χ2n) is 7.89. The van der Waals surface area contributed by atoms with Gasteiger partial charge in [0.1, 0.15) is 10.6 Å². The lowest BCUT2D eigenvalue weighted by atomic mass is 9.93. The Morgan fingerprint density at radius 3 is 2.82 bits per heavy atom. The van der Waals surface area contributed by atoms with Crippen molar-refractivity contribution in [2.24, 2.45) is 5.92 Å². The summed E-state index contributed by atoms with van der Waals surface area (Å²) in [6, 6.07) is 8.49. The third-order valence-electron chi connectivity index (χ3n) is 5.69. The van der Waals surface area contributed by atoms with Crippen molar-refractivity contribution in [2.75, 3.05) is 30.4 Å². The van der Waals surface area contributed by atoms with Crippen LogP contribution in [0.4, 0.5) is 15.3 Å². The van der Waals surface area contributed by atoms with Gasteiger partial charge >= 0.3 is 0 Å². The van der Waals surface area contributed by atoms with Gasteiger partial charge in [-0.15, -0.1) is 0 Å². The second kappa shape index (κ2) is 10.6. The van der Waals surface area contributed by atoms with Gasteiger partial charge in [0, 0.05) is 25.5 Å². The van der Waals surface area contributed by atoms with Crippen molar-refractivity contribution >= 4 is 33.3 Å². The summed E-state index contributed by atoms with van der Waals surface area (Å²) in [7, 11) is -0.265. The Labute approximate surface area is 199 Å². The molecular weight excluding hydrogens is 463 g/mol. The molecule has 0 bridgehead atoms. The molecule has 1 saturated heterocycles. The minimum atomic E-state index is -1.77.